The summed E-state index contributed by atoms with van der Waals surface area (Å²) in [6.07, 6.45) is 0.163. The Kier molecular flexibility index (Phi) is 5.17. The van der Waals surface area contributed by atoms with Crippen molar-refractivity contribution >= 4 is 27.8 Å². The van der Waals surface area contributed by atoms with Crippen molar-refractivity contribution in [3.63, 3.8) is 0 Å². The van der Waals surface area contributed by atoms with E-state index in [1.165, 1.54) is 4.90 Å². The van der Waals surface area contributed by atoms with Gasteiger partial charge in [-0.15, -0.1) is 0 Å². The van der Waals surface area contributed by atoms with Crippen molar-refractivity contribution in [3.8, 4) is 0 Å². The second kappa shape index (κ2) is 6.23. The number of nitrogens with zero attached hydrogens (tertiary/aromatic N) is 1. The van der Waals surface area contributed by atoms with Gasteiger partial charge in [0.15, 0.2) is 4.67 Å². The summed E-state index contributed by atoms with van der Waals surface area (Å²) in [5.74, 6) is -0.312. The van der Waals surface area contributed by atoms with Gasteiger partial charge in [-0.05, 0) is 33.5 Å². The second-order valence-electron chi connectivity index (χ2n) is 5.37. The standard InChI is InChI=1S/C13H18BrNO4/c1-13(2,7-12(17)18)6-11(16)15(3)8-9-4-5-10(14)19-9/h4-5H,6-8H2,1-3H3,(H,17,18). The Morgan fingerprint density at radius 3 is 2.47 bits per heavy atom. The van der Waals surface area contributed by atoms with Crippen molar-refractivity contribution in [1.29, 1.82) is 0 Å². The topological polar surface area (TPSA) is 70.8 Å². The van der Waals surface area contributed by atoms with Crippen LogP contribution in [0.1, 0.15) is 32.4 Å². The lowest BCUT2D eigenvalue weighted by molar-refractivity contribution is -0.140. The van der Waals surface area contributed by atoms with Gasteiger partial charge in [0, 0.05) is 13.5 Å². The van der Waals surface area contributed by atoms with Crippen LogP contribution in [-0.4, -0.2) is 28.9 Å². The molecule has 0 atom stereocenters. The maximum absolute atomic E-state index is 12.0. The van der Waals surface area contributed by atoms with E-state index in [0.717, 1.165) is 0 Å². The van der Waals surface area contributed by atoms with Crippen molar-refractivity contribution in [2.75, 3.05) is 7.05 Å². The lowest BCUT2D eigenvalue weighted by atomic mass is 9.85. The van der Waals surface area contributed by atoms with Crippen LogP contribution in [0.15, 0.2) is 21.2 Å². The van der Waals surface area contributed by atoms with Crippen LogP contribution in [0, 0.1) is 5.41 Å². The molecule has 0 fully saturated rings. The molecule has 1 aromatic rings. The van der Waals surface area contributed by atoms with E-state index in [2.05, 4.69) is 15.9 Å². The molecular weight excluding hydrogens is 314 g/mol. The van der Waals surface area contributed by atoms with Gasteiger partial charge >= 0.3 is 5.97 Å². The molecule has 1 aromatic heterocycles. The van der Waals surface area contributed by atoms with Crippen molar-refractivity contribution in [2.45, 2.75) is 33.2 Å². The molecule has 0 saturated heterocycles. The third-order valence-electron chi connectivity index (χ3n) is 2.71. The molecular formula is C13H18BrNO4. The van der Waals surface area contributed by atoms with E-state index in [1.54, 1.807) is 33.0 Å². The number of hydrogen-bond acceptors (Lipinski definition) is 3. The number of furan rings is 1. The molecule has 6 heteroatoms. The van der Waals surface area contributed by atoms with Gasteiger partial charge in [-0.1, -0.05) is 13.8 Å². The number of carbonyl (C=O) groups excluding carboxylic acids is 1. The van der Waals surface area contributed by atoms with E-state index in [1.807, 2.05) is 0 Å². The third-order valence-corrected chi connectivity index (χ3v) is 3.13. The van der Waals surface area contributed by atoms with Gasteiger partial charge in [0.1, 0.15) is 5.76 Å². The molecule has 0 aromatic carbocycles. The summed E-state index contributed by atoms with van der Waals surface area (Å²) in [7, 11) is 1.68. The van der Waals surface area contributed by atoms with Crippen molar-refractivity contribution in [3.05, 3.63) is 22.6 Å². The van der Waals surface area contributed by atoms with Gasteiger partial charge in [-0.2, -0.15) is 0 Å². The maximum atomic E-state index is 12.0. The van der Waals surface area contributed by atoms with Gasteiger partial charge in [0.25, 0.3) is 0 Å². The highest BCUT2D eigenvalue weighted by atomic mass is 79.9. The fraction of sp³-hybridized carbons (Fsp3) is 0.538. The number of hydrogen-bond donors (Lipinski definition) is 1. The summed E-state index contributed by atoms with van der Waals surface area (Å²) in [6.45, 7) is 3.92. The first-order valence-corrected chi connectivity index (χ1v) is 6.69. The first-order chi connectivity index (χ1) is 8.69. The number of aliphatic carboxylic acids is 1. The van der Waals surface area contributed by atoms with Gasteiger partial charge in [0.2, 0.25) is 5.91 Å². The number of rotatable bonds is 6. The average Bonchev–Trinajstić information content (AvgIpc) is 2.60. The normalized spacial score (nSPS) is 11.4. The Balaban J connectivity index is 2.55. The zero-order chi connectivity index (χ0) is 14.6. The highest BCUT2D eigenvalue weighted by Gasteiger charge is 2.27. The molecule has 0 aliphatic heterocycles. The van der Waals surface area contributed by atoms with Crippen molar-refractivity contribution in [1.82, 2.24) is 4.90 Å². The summed E-state index contributed by atoms with van der Waals surface area (Å²) >= 11 is 3.20. The van der Waals surface area contributed by atoms with Crippen LogP contribution >= 0.6 is 15.9 Å². The van der Waals surface area contributed by atoms with E-state index in [4.69, 9.17) is 9.52 Å². The highest BCUT2D eigenvalue weighted by molar-refractivity contribution is 9.10. The van der Waals surface area contributed by atoms with E-state index < -0.39 is 11.4 Å². The molecule has 0 aliphatic rings. The van der Waals surface area contributed by atoms with E-state index in [0.29, 0.717) is 17.0 Å². The van der Waals surface area contributed by atoms with Gasteiger partial charge in [-0.3, -0.25) is 9.59 Å². The molecule has 5 nitrogen and oxygen atoms in total. The lowest BCUT2D eigenvalue weighted by Gasteiger charge is -2.25. The molecule has 1 rings (SSSR count). The molecule has 19 heavy (non-hydrogen) atoms. The first-order valence-electron chi connectivity index (χ1n) is 5.89. The van der Waals surface area contributed by atoms with Crippen LogP contribution in [0.5, 0.6) is 0 Å². The van der Waals surface area contributed by atoms with Crippen LogP contribution < -0.4 is 0 Å². The third kappa shape index (κ3) is 5.46. The molecule has 1 N–H and O–H groups in total. The molecule has 1 amide bonds. The number of carboxylic acids is 1. The van der Waals surface area contributed by atoms with Crippen LogP contribution in [0.4, 0.5) is 0 Å². The van der Waals surface area contributed by atoms with Crippen molar-refractivity contribution in [2.24, 2.45) is 5.41 Å². The molecule has 106 valence electrons. The minimum Gasteiger partial charge on any atom is -0.481 e. The second-order valence-corrected chi connectivity index (χ2v) is 6.15. The SMILES string of the molecule is CN(Cc1ccc(Br)o1)C(=O)CC(C)(C)CC(=O)O. The van der Waals surface area contributed by atoms with Gasteiger partial charge in [0.05, 0.1) is 13.0 Å². The first kappa shape index (κ1) is 15.8. The minimum atomic E-state index is -0.893. The largest absolute Gasteiger partial charge is 0.481 e. The smallest absolute Gasteiger partial charge is 0.303 e. The summed E-state index contributed by atoms with van der Waals surface area (Å²) in [4.78, 5) is 24.3. The monoisotopic (exact) mass is 331 g/mol. The van der Waals surface area contributed by atoms with E-state index >= 15 is 0 Å². The summed E-state index contributed by atoms with van der Waals surface area (Å²) in [5, 5.41) is 8.79. The van der Waals surface area contributed by atoms with Gasteiger partial charge in [-0.25, -0.2) is 0 Å². The Morgan fingerprint density at radius 1 is 1.37 bits per heavy atom. The molecule has 0 saturated carbocycles. The fourth-order valence-corrected chi connectivity index (χ4v) is 2.11. The minimum absolute atomic E-state index is 0.0289. The fourth-order valence-electron chi connectivity index (χ4n) is 1.77. The molecule has 0 spiro atoms. The number of halogens is 1. The van der Waals surface area contributed by atoms with E-state index in [-0.39, 0.29) is 18.7 Å². The molecule has 0 radical (unpaired) electrons. The Hall–Kier alpha value is -1.30. The number of amides is 1. The predicted octanol–water partition coefficient (Wildman–Crippen LogP) is 2.89. The molecule has 0 aliphatic carbocycles. The van der Waals surface area contributed by atoms with Crippen LogP contribution in [0.2, 0.25) is 0 Å². The summed E-state index contributed by atoms with van der Waals surface area (Å²) < 4.78 is 5.95. The number of carboxylic acid groups (broad SMARTS) is 1. The highest BCUT2D eigenvalue weighted by Crippen LogP contribution is 2.26. The quantitative estimate of drug-likeness (QED) is 0.869. The molecule has 0 bridgehead atoms. The van der Waals surface area contributed by atoms with Crippen LogP contribution in [-0.2, 0) is 16.1 Å². The average molecular weight is 332 g/mol. The Labute approximate surface area is 120 Å². The zero-order valence-electron chi connectivity index (χ0n) is 11.3. The van der Waals surface area contributed by atoms with E-state index in [9.17, 15) is 9.59 Å². The van der Waals surface area contributed by atoms with Crippen LogP contribution in [0.25, 0.3) is 0 Å². The zero-order valence-corrected chi connectivity index (χ0v) is 12.9. The summed E-state index contributed by atoms with van der Waals surface area (Å²) in [5.41, 5.74) is -0.555. The molecule has 0 unspecified atom stereocenters. The lowest BCUT2D eigenvalue weighted by Crippen LogP contribution is -2.31. The maximum Gasteiger partial charge on any atom is 0.303 e. The van der Waals surface area contributed by atoms with Crippen LogP contribution in [0.3, 0.4) is 0 Å². The molecule has 1 heterocycles. The van der Waals surface area contributed by atoms with Crippen molar-refractivity contribution < 1.29 is 19.1 Å². The Morgan fingerprint density at radius 2 is 2.00 bits per heavy atom. The predicted molar refractivity (Wildman–Crippen MR) is 73.5 cm³/mol. The number of carbonyl (C=O) groups is 2. The summed E-state index contributed by atoms with van der Waals surface area (Å²) in [6, 6.07) is 3.55. The van der Waals surface area contributed by atoms with Gasteiger partial charge < -0.3 is 14.4 Å². The Bertz CT molecular complexity index is 467.